The molecular formula is C81H158O17P2. The number of hydrogen-bond donors (Lipinski definition) is 3. The lowest BCUT2D eigenvalue weighted by Gasteiger charge is -2.21. The van der Waals surface area contributed by atoms with Gasteiger partial charge in [-0.2, -0.15) is 0 Å². The summed E-state index contributed by atoms with van der Waals surface area (Å²) in [5.41, 5.74) is 0. The Balaban J connectivity index is 5.15. The number of unbranched alkanes of at least 4 members (excludes halogenated alkanes) is 50. The second kappa shape index (κ2) is 72.6. The van der Waals surface area contributed by atoms with Crippen molar-refractivity contribution in [2.75, 3.05) is 39.6 Å². The van der Waals surface area contributed by atoms with Crippen LogP contribution in [0.4, 0.5) is 0 Å². The molecule has 0 amide bonds. The van der Waals surface area contributed by atoms with Crippen LogP contribution in [0.2, 0.25) is 0 Å². The maximum absolute atomic E-state index is 13.1. The van der Waals surface area contributed by atoms with Gasteiger partial charge < -0.3 is 33.8 Å². The summed E-state index contributed by atoms with van der Waals surface area (Å²) in [7, 11) is -9.91. The highest BCUT2D eigenvalue weighted by Crippen LogP contribution is 2.45. The van der Waals surface area contributed by atoms with E-state index in [0.29, 0.717) is 37.5 Å². The highest BCUT2D eigenvalue weighted by atomic mass is 31.2. The Bertz CT molecular complexity index is 1920. The average molecular weight is 1470 g/mol. The highest BCUT2D eigenvalue weighted by Gasteiger charge is 2.30. The maximum Gasteiger partial charge on any atom is 0.472 e. The molecule has 0 spiro atoms. The van der Waals surface area contributed by atoms with Gasteiger partial charge in [-0.3, -0.25) is 37.3 Å². The molecule has 17 nitrogen and oxygen atoms in total. The van der Waals surface area contributed by atoms with Crippen LogP contribution in [0, 0.1) is 11.8 Å². The summed E-state index contributed by atoms with van der Waals surface area (Å²) in [5.74, 6) is -0.771. The zero-order valence-electron chi connectivity index (χ0n) is 65.5. The van der Waals surface area contributed by atoms with Crippen molar-refractivity contribution in [1.29, 1.82) is 0 Å². The van der Waals surface area contributed by atoms with Gasteiger partial charge in [-0.1, -0.05) is 375 Å². The van der Waals surface area contributed by atoms with E-state index in [1.54, 1.807) is 0 Å². The highest BCUT2D eigenvalue weighted by molar-refractivity contribution is 7.47. The van der Waals surface area contributed by atoms with Gasteiger partial charge in [-0.15, -0.1) is 0 Å². The molecule has 0 aromatic carbocycles. The Hall–Kier alpha value is -1.94. The van der Waals surface area contributed by atoms with Gasteiger partial charge in [0.1, 0.15) is 19.3 Å². The van der Waals surface area contributed by atoms with Crippen molar-refractivity contribution in [2.24, 2.45) is 11.8 Å². The predicted molar refractivity (Wildman–Crippen MR) is 409 cm³/mol. The standard InChI is InChI=1S/C81H158O17P2/c1-7-9-11-13-15-17-19-21-23-25-27-29-31-33-35-37-39-41-43-51-57-63-78(83)91-69-76(97-80(85)65-59-53-44-42-40-38-36-34-32-30-28-26-24-22-20-18-16-14-12-10-8-2)71-95-99(87,88)93-67-75(82)68-94-100(89,90)96-72-77(98-81(86)66-60-54-48-46-50-56-62-74(5)6)70-92-79(84)64-58-52-47-45-49-55-61-73(3)4/h73-77,82H,7-72H2,1-6H3,(H,87,88)(H,89,90)/t75-,76-,77-/m1/s1. The van der Waals surface area contributed by atoms with Crippen LogP contribution in [-0.2, 0) is 65.4 Å². The van der Waals surface area contributed by atoms with E-state index < -0.39 is 97.5 Å². The van der Waals surface area contributed by atoms with Crippen LogP contribution >= 0.6 is 15.6 Å². The molecule has 100 heavy (non-hydrogen) atoms. The topological polar surface area (TPSA) is 237 Å². The van der Waals surface area contributed by atoms with E-state index in [2.05, 4.69) is 41.5 Å². The Kier molecular flexibility index (Phi) is 71.2. The van der Waals surface area contributed by atoms with Gasteiger partial charge in [0, 0.05) is 25.7 Å². The predicted octanol–water partition coefficient (Wildman–Crippen LogP) is 24.3. The lowest BCUT2D eigenvalue weighted by Crippen LogP contribution is -2.30. The summed E-state index contributed by atoms with van der Waals surface area (Å²) >= 11 is 0. The lowest BCUT2D eigenvalue weighted by atomic mass is 10.0. The van der Waals surface area contributed by atoms with Crippen molar-refractivity contribution in [3.8, 4) is 0 Å². The largest absolute Gasteiger partial charge is 0.472 e. The molecule has 0 heterocycles. The molecule has 0 aliphatic rings. The Labute approximate surface area is 613 Å². The van der Waals surface area contributed by atoms with Gasteiger partial charge in [0.2, 0.25) is 0 Å². The molecule has 594 valence electrons. The maximum atomic E-state index is 13.1. The number of ether oxygens (including phenoxy) is 4. The van der Waals surface area contributed by atoms with Crippen molar-refractivity contribution < 1.29 is 80.2 Å². The molecule has 0 aromatic heterocycles. The van der Waals surface area contributed by atoms with E-state index in [1.807, 2.05) is 0 Å². The fourth-order valence-electron chi connectivity index (χ4n) is 12.5. The van der Waals surface area contributed by atoms with Crippen molar-refractivity contribution in [1.82, 2.24) is 0 Å². The molecule has 0 saturated heterocycles. The molecule has 19 heteroatoms. The van der Waals surface area contributed by atoms with Crippen LogP contribution in [-0.4, -0.2) is 96.7 Å². The van der Waals surface area contributed by atoms with E-state index in [1.165, 1.54) is 238 Å². The Morgan fingerprint density at radius 2 is 0.460 bits per heavy atom. The Morgan fingerprint density at radius 3 is 0.680 bits per heavy atom. The molecule has 0 aromatic rings. The van der Waals surface area contributed by atoms with Crippen LogP contribution in [0.5, 0.6) is 0 Å². The molecule has 0 bridgehead atoms. The first kappa shape index (κ1) is 98.1. The van der Waals surface area contributed by atoms with Crippen LogP contribution in [0.15, 0.2) is 0 Å². The zero-order chi connectivity index (χ0) is 73.5. The number of aliphatic hydroxyl groups is 1. The van der Waals surface area contributed by atoms with Gasteiger partial charge in [0.05, 0.1) is 26.4 Å². The zero-order valence-corrected chi connectivity index (χ0v) is 67.3. The second-order valence-electron chi connectivity index (χ2n) is 30.1. The molecule has 0 aliphatic heterocycles. The van der Waals surface area contributed by atoms with Crippen LogP contribution in [0.3, 0.4) is 0 Å². The third-order valence-corrected chi connectivity index (χ3v) is 20.9. The number of rotatable bonds is 80. The normalized spacial score (nSPS) is 13.9. The molecule has 2 unspecified atom stereocenters. The minimum absolute atomic E-state index is 0.101. The Morgan fingerprint density at radius 1 is 0.270 bits per heavy atom. The van der Waals surface area contributed by atoms with Gasteiger partial charge in [0.25, 0.3) is 0 Å². The second-order valence-corrected chi connectivity index (χ2v) is 33.0. The number of phosphoric ester groups is 2. The first-order chi connectivity index (χ1) is 48.4. The fraction of sp³-hybridized carbons (Fsp3) is 0.951. The fourth-order valence-corrected chi connectivity index (χ4v) is 14.1. The van der Waals surface area contributed by atoms with Crippen molar-refractivity contribution in [2.45, 2.75) is 445 Å². The van der Waals surface area contributed by atoms with Gasteiger partial charge in [0.15, 0.2) is 12.2 Å². The van der Waals surface area contributed by atoms with Crippen molar-refractivity contribution in [3.05, 3.63) is 0 Å². The van der Waals surface area contributed by atoms with Crippen LogP contribution in [0.1, 0.15) is 427 Å². The monoisotopic (exact) mass is 1470 g/mol. The van der Waals surface area contributed by atoms with E-state index in [-0.39, 0.29) is 25.7 Å². The number of hydrogen-bond acceptors (Lipinski definition) is 15. The average Bonchev–Trinajstić information content (AvgIpc) is 0.924. The van der Waals surface area contributed by atoms with E-state index >= 15 is 0 Å². The van der Waals surface area contributed by atoms with Crippen LogP contribution < -0.4 is 0 Å². The number of aliphatic hydroxyl groups excluding tert-OH is 1. The number of esters is 4. The van der Waals surface area contributed by atoms with E-state index in [0.717, 1.165) is 96.3 Å². The summed E-state index contributed by atoms with van der Waals surface area (Å²) < 4.78 is 68.5. The molecule has 0 saturated carbocycles. The third-order valence-electron chi connectivity index (χ3n) is 19.0. The SMILES string of the molecule is CCCCCCCCCCCCCCCCCCCCCCCC(=O)OC[C@H](COP(=O)(O)OC[C@@H](O)COP(=O)(O)OC[C@@H](COC(=O)CCCCCCCCC(C)C)OC(=O)CCCCCCCCC(C)C)OC(=O)CCCCCCCCCCCCCCCCCCCCCCC. The molecular weight excluding hydrogens is 1310 g/mol. The summed E-state index contributed by atoms with van der Waals surface area (Å²) in [5, 5.41) is 10.6. The summed E-state index contributed by atoms with van der Waals surface area (Å²) in [6, 6.07) is 0. The summed E-state index contributed by atoms with van der Waals surface area (Å²) in [4.78, 5) is 72.8. The molecule has 3 N–H and O–H groups in total. The van der Waals surface area contributed by atoms with Gasteiger partial charge >= 0.3 is 39.5 Å². The van der Waals surface area contributed by atoms with Crippen LogP contribution in [0.25, 0.3) is 0 Å². The van der Waals surface area contributed by atoms with Gasteiger partial charge in [-0.25, -0.2) is 9.13 Å². The summed E-state index contributed by atoms with van der Waals surface area (Å²) in [6.45, 7) is 9.44. The number of phosphoric acid groups is 2. The smallest absolute Gasteiger partial charge is 0.462 e. The van der Waals surface area contributed by atoms with Gasteiger partial charge in [-0.05, 0) is 37.5 Å². The minimum Gasteiger partial charge on any atom is -0.462 e. The molecule has 0 radical (unpaired) electrons. The lowest BCUT2D eigenvalue weighted by molar-refractivity contribution is -0.161. The van der Waals surface area contributed by atoms with Crippen molar-refractivity contribution in [3.63, 3.8) is 0 Å². The summed E-state index contributed by atoms with van der Waals surface area (Å²) in [6.07, 6.45) is 63.2. The van der Waals surface area contributed by atoms with E-state index in [4.69, 9.17) is 37.0 Å². The molecule has 0 aliphatic carbocycles. The first-order valence-electron chi connectivity index (χ1n) is 42.0. The molecule has 0 fully saturated rings. The third kappa shape index (κ3) is 74.3. The molecule has 0 rings (SSSR count). The van der Waals surface area contributed by atoms with Crippen molar-refractivity contribution >= 4 is 39.5 Å². The number of carbonyl (C=O) groups excluding carboxylic acids is 4. The minimum atomic E-state index is -4.96. The van der Waals surface area contributed by atoms with E-state index in [9.17, 15) is 43.2 Å². The quantitative estimate of drug-likeness (QED) is 0.0222. The number of carbonyl (C=O) groups is 4. The molecule has 5 atom stereocenters. The first-order valence-corrected chi connectivity index (χ1v) is 45.0.